The topological polar surface area (TPSA) is 84.9 Å². The number of carbonyl (C=O) groups is 1. The van der Waals surface area contributed by atoms with Crippen molar-refractivity contribution in [3.8, 4) is 11.5 Å². The fraction of sp³-hybridized carbons (Fsp3) is 0.350. The van der Waals surface area contributed by atoms with Gasteiger partial charge in [0.05, 0.1) is 29.8 Å². The summed E-state index contributed by atoms with van der Waals surface area (Å²) >= 11 is 6.17. The average Bonchev–Trinajstić information content (AvgIpc) is 2.74. The molecule has 1 fully saturated rings. The highest BCUT2D eigenvalue weighted by atomic mass is 35.5. The molecule has 1 atom stereocenters. The zero-order valence-corrected chi connectivity index (χ0v) is 17.8. The number of halogens is 1. The van der Waals surface area contributed by atoms with Gasteiger partial charge >= 0.3 is 0 Å². The van der Waals surface area contributed by atoms with Crippen molar-refractivity contribution in [1.29, 1.82) is 0 Å². The smallest absolute Gasteiger partial charge is 0.243 e. The molecular formula is C20H23ClN2O5S. The number of hydrogen-bond acceptors (Lipinski definition) is 5. The minimum Gasteiger partial charge on any atom is -0.495 e. The lowest BCUT2D eigenvalue weighted by atomic mass is 10.0. The number of anilines is 1. The molecule has 0 unspecified atom stereocenters. The standard InChI is InChI=1S/C20H23ClN2O5S/c1-27-18-13-19(28-2)16(12-15(18)21)22-20(24)17-10-6-7-11-23(17)29(25,26)14-8-4-3-5-9-14/h3-5,8-9,12-13,17H,6-7,10-11H2,1-2H3,(H,22,24)/t17-/m0/s1. The summed E-state index contributed by atoms with van der Waals surface area (Å²) in [5, 5.41) is 3.07. The van der Waals surface area contributed by atoms with E-state index in [-0.39, 0.29) is 11.4 Å². The van der Waals surface area contributed by atoms with E-state index in [0.29, 0.717) is 35.1 Å². The molecule has 156 valence electrons. The van der Waals surface area contributed by atoms with Crippen LogP contribution in [0.4, 0.5) is 5.69 Å². The molecule has 0 spiro atoms. The minimum atomic E-state index is -3.79. The predicted molar refractivity (Wildman–Crippen MR) is 111 cm³/mol. The maximum absolute atomic E-state index is 13.1. The van der Waals surface area contributed by atoms with Crippen molar-refractivity contribution in [2.75, 3.05) is 26.1 Å². The predicted octanol–water partition coefficient (Wildman–Crippen LogP) is 3.54. The second-order valence-electron chi connectivity index (χ2n) is 6.62. The molecule has 7 nitrogen and oxygen atoms in total. The average molecular weight is 439 g/mol. The van der Waals surface area contributed by atoms with Crippen LogP contribution in [-0.2, 0) is 14.8 Å². The Morgan fingerprint density at radius 1 is 1.10 bits per heavy atom. The zero-order chi connectivity index (χ0) is 21.0. The molecule has 1 aliphatic rings. The molecule has 1 N–H and O–H groups in total. The Morgan fingerprint density at radius 2 is 1.79 bits per heavy atom. The first-order chi connectivity index (χ1) is 13.9. The Morgan fingerprint density at radius 3 is 2.45 bits per heavy atom. The number of rotatable bonds is 6. The second-order valence-corrected chi connectivity index (χ2v) is 8.91. The summed E-state index contributed by atoms with van der Waals surface area (Å²) < 4.78 is 37.9. The first kappa shape index (κ1) is 21.4. The van der Waals surface area contributed by atoms with Crippen LogP contribution in [0.15, 0.2) is 47.4 Å². The maximum atomic E-state index is 13.1. The number of nitrogens with zero attached hydrogens (tertiary/aromatic N) is 1. The fourth-order valence-electron chi connectivity index (χ4n) is 3.36. The number of methoxy groups -OCH3 is 2. The third kappa shape index (κ3) is 4.49. The van der Waals surface area contributed by atoms with Gasteiger partial charge in [0.1, 0.15) is 17.5 Å². The molecule has 2 aromatic carbocycles. The number of nitrogens with one attached hydrogen (secondary N) is 1. The molecule has 0 radical (unpaired) electrons. The second kappa shape index (κ2) is 9.02. The Kier molecular flexibility index (Phi) is 6.66. The normalized spacial score (nSPS) is 17.6. The van der Waals surface area contributed by atoms with Crippen LogP contribution in [0.2, 0.25) is 5.02 Å². The van der Waals surface area contributed by atoms with E-state index in [2.05, 4.69) is 5.32 Å². The number of amides is 1. The monoisotopic (exact) mass is 438 g/mol. The van der Waals surface area contributed by atoms with E-state index < -0.39 is 22.0 Å². The third-order valence-corrected chi connectivity index (χ3v) is 7.06. The highest BCUT2D eigenvalue weighted by molar-refractivity contribution is 7.89. The van der Waals surface area contributed by atoms with Crippen molar-refractivity contribution in [3.05, 3.63) is 47.5 Å². The van der Waals surface area contributed by atoms with Crippen LogP contribution in [0.3, 0.4) is 0 Å². The Hall–Kier alpha value is -2.29. The largest absolute Gasteiger partial charge is 0.495 e. The number of benzene rings is 2. The molecule has 1 heterocycles. The van der Waals surface area contributed by atoms with Gasteiger partial charge in [0.15, 0.2) is 0 Å². The van der Waals surface area contributed by atoms with E-state index in [1.54, 1.807) is 24.3 Å². The van der Waals surface area contributed by atoms with Gasteiger partial charge in [0.25, 0.3) is 0 Å². The molecule has 0 bridgehead atoms. The maximum Gasteiger partial charge on any atom is 0.243 e. The number of ether oxygens (including phenoxy) is 2. The van der Waals surface area contributed by atoms with Gasteiger partial charge in [-0.25, -0.2) is 8.42 Å². The highest BCUT2D eigenvalue weighted by Crippen LogP contribution is 2.36. The summed E-state index contributed by atoms with van der Waals surface area (Å²) in [7, 11) is -0.845. The molecule has 2 aromatic rings. The van der Waals surface area contributed by atoms with Crippen LogP contribution in [0.25, 0.3) is 0 Å². The van der Waals surface area contributed by atoms with E-state index in [0.717, 1.165) is 6.42 Å². The van der Waals surface area contributed by atoms with Gasteiger partial charge < -0.3 is 14.8 Å². The van der Waals surface area contributed by atoms with Crippen LogP contribution in [0.1, 0.15) is 19.3 Å². The third-order valence-electron chi connectivity index (χ3n) is 4.84. The van der Waals surface area contributed by atoms with Gasteiger partial charge in [-0.3, -0.25) is 4.79 Å². The molecule has 0 aliphatic carbocycles. The van der Waals surface area contributed by atoms with E-state index in [1.165, 1.54) is 36.7 Å². The molecule has 29 heavy (non-hydrogen) atoms. The summed E-state index contributed by atoms with van der Waals surface area (Å²) in [6, 6.07) is 10.4. The van der Waals surface area contributed by atoms with Crippen molar-refractivity contribution in [2.45, 2.75) is 30.2 Å². The van der Waals surface area contributed by atoms with E-state index >= 15 is 0 Å². The highest BCUT2D eigenvalue weighted by Gasteiger charge is 2.37. The molecular weight excluding hydrogens is 416 g/mol. The quantitative estimate of drug-likeness (QED) is 0.745. The Bertz CT molecular complexity index is 982. The minimum absolute atomic E-state index is 0.171. The Balaban J connectivity index is 1.89. The molecule has 9 heteroatoms. The van der Waals surface area contributed by atoms with Crippen molar-refractivity contribution in [1.82, 2.24) is 4.31 Å². The van der Waals surface area contributed by atoms with Crippen molar-refractivity contribution in [2.24, 2.45) is 0 Å². The summed E-state index contributed by atoms with van der Waals surface area (Å²) in [6.45, 7) is 0.288. The van der Waals surface area contributed by atoms with Gasteiger partial charge in [-0.2, -0.15) is 4.31 Å². The lowest BCUT2D eigenvalue weighted by molar-refractivity contribution is -0.120. The van der Waals surface area contributed by atoms with Crippen LogP contribution >= 0.6 is 11.6 Å². The van der Waals surface area contributed by atoms with Gasteiger partial charge in [-0.1, -0.05) is 36.2 Å². The first-order valence-corrected chi connectivity index (χ1v) is 11.0. The summed E-state index contributed by atoms with van der Waals surface area (Å²) in [5.41, 5.74) is 0.353. The molecule has 0 aromatic heterocycles. The van der Waals surface area contributed by atoms with Crippen LogP contribution in [-0.4, -0.2) is 45.4 Å². The molecule has 1 amide bonds. The zero-order valence-electron chi connectivity index (χ0n) is 16.2. The van der Waals surface area contributed by atoms with Crippen LogP contribution in [0.5, 0.6) is 11.5 Å². The summed E-state index contributed by atoms with van der Waals surface area (Å²) in [6.07, 6.45) is 1.90. The van der Waals surface area contributed by atoms with Crippen LogP contribution in [0, 0.1) is 0 Å². The number of sulfonamides is 1. The van der Waals surface area contributed by atoms with Crippen LogP contribution < -0.4 is 14.8 Å². The number of piperidine rings is 1. The van der Waals surface area contributed by atoms with E-state index in [9.17, 15) is 13.2 Å². The molecule has 1 saturated heterocycles. The van der Waals surface area contributed by atoms with E-state index in [4.69, 9.17) is 21.1 Å². The molecule has 3 rings (SSSR count). The van der Waals surface area contributed by atoms with Gasteiger partial charge in [-0.15, -0.1) is 0 Å². The van der Waals surface area contributed by atoms with Gasteiger partial charge in [0, 0.05) is 12.6 Å². The number of carbonyl (C=O) groups excluding carboxylic acids is 1. The Labute approximate surface area is 175 Å². The molecule has 1 aliphatic heterocycles. The number of hydrogen-bond donors (Lipinski definition) is 1. The fourth-order valence-corrected chi connectivity index (χ4v) is 5.27. The van der Waals surface area contributed by atoms with E-state index in [1.807, 2.05) is 0 Å². The first-order valence-electron chi connectivity index (χ1n) is 9.17. The lowest BCUT2D eigenvalue weighted by Gasteiger charge is -2.33. The lowest BCUT2D eigenvalue weighted by Crippen LogP contribution is -2.49. The summed E-state index contributed by atoms with van der Waals surface area (Å²) in [4.78, 5) is 13.2. The van der Waals surface area contributed by atoms with Gasteiger partial charge in [0.2, 0.25) is 15.9 Å². The SMILES string of the molecule is COc1cc(OC)c(NC(=O)[C@@H]2CCCCN2S(=O)(=O)c2ccccc2)cc1Cl. The summed E-state index contributed by atoms with van der Waals surface area (Å²) in [5.74, 6) is 0.351. The van der Waals surface area contributed by atoms with Crippen molar-refractivity contribution in [3.63, 3.8) is 0 Å². The molecule has 0 saturated carbocycles. The van der Waals surface area contributed by atoms with Gasteiger partial charge in [-0.05, 0) is 31.0 Å². The van der Waals surface area contributed by atoms with Crippen molar-refractivity contribution >= 4 is 33.2 Å². The van der Waals surface area contributed by atoms with Crippen molar-refractivity contribution < 1.29 is 22.7 Å².